The molecule has 1 amide bonds. The molecule has 0 bridgehead atoms. The highest BCUT2D eigenvalue weighted by atomic mass is 32.1. The fraction of sp³-hybridized carbons (Fsp3) is 0.667. The Bertz CT molecular complexity index is 397. The number of hydrogen-bond donors (Lipinski definition) is 2. The molecule has 114 valence electrons. The molecule has 1 aromatic heterocycles. The lowest BCUT2D eigenvalue weighted by molar-refractivity contribution is 0.0519. The van der Waals surface area contributed by atoms with Gasteiger partial charge in [0.25, 0.3) is 0 Å². The van der Waals surface area contributed by atoms with Gasteiger partial charge in [0.2, 0.25) is 0 Å². The summed E-state index contributed by atoms with van der Waals surface area (Å²) in [5, 5.41) is 10.5. The minimum atomic E-state index is -0.457. The van der Waals surface area contributed by atoms with Crippen molar-refractivity contribution in [3.05, 3.63) is 22.4 Å². The Kier molecular flexibility index (Phi) is 6.49. The lowest BCUT2D eigenvalue weighted by Gasteiger charge is -2.24. The Morgan fingerprint density at radius 1 is 1.40 bits per heavy atom. The topological polar surface area (TPSA) is 50.4 Å². The zero-order chi connectivity index (χ0) is 15.2. The van der Waals surface area contributed by atoms with Gasteiger partial charge in [-0.2, -0.15) is 11.3 Å². The molecule has 0 saturated heterocycles. The van der Waals surface area contributed by atoms with Gasteiger partial charge in [-0.15, -0.1) is 0 Å². The van der Waals surface area contributed by atoms with Crippen LogP contribution in [0.4, 0.5) is 4.79 Å². The Morgan fingerprint density at radius 3 is 2.60 bits per heavy atom. The van der Waals surface area contributed by atoms with E-state index in [1.54, 1.807) is 11.3 Å². The van der Waals surface area contributed by atoms with Crippen molar-refractivity contribution in [2.24, 2.45) is 5.92 Å². The van der Waals surface area contributed by atoms with E-state index in [4.69, 9.17) is 4.74 Å². The molecule has 2 N–H and O–H groups in total. The molecule has 0 aliphatic carbocycles. The molecule has 0 aliphatic rings. The van der Waals surface area contributed by atoms with E-state index in [2.05, 4.69) is 41.3 Å². The van der Waals surface area contributed by atoms with Crippen molar-refractivity contribution >= 4 is 17.4 Å². The van der Waals surface area contributed by atoms with Crippen molar-refractivity contribution in [3.8, 4) is 0 Å². The minimum absolute atomic E-state index is 0.224. The van der Waals surface area contributed by atoms with E-state index < -0.39 is 5.60 Å². The maximum absolute atomic E-state index is 11.7. The first kappa shape index (κ1) is 17.0. The summed E-state index contributed by atoms with van der Waals surface area (Å²) in [5.41, 5.74) is 0.819. The van der Waals surface area contributed by atoms with Crippen LogP contribution in [0.25, 0.3) is 0 Å². The van der Waals surface area contributed by atoms with Crippen LogP contribution in [-0.2, 0) is 11.3 Å². The molecule has 4 nitrogen and oxygen atoms in total. The molecular weight excluding hydrogens is 272 g/mol. The highest BCUT2D eigenvalue weighted by molar-refractivity contribution is 7.07. The summed E-state index contributed by atoms with van der Waals surface area (Å²) in [6.07, 6.45) is -0.361. The Hall–Kier alpha value is -1.07. The van der Waals surface area contributed by atoms with Gasteiger partial charge in [0, 0.05) is 19.1 Å². The van der Waals surface area contributed by atoms with Crippen molar-refractivity contribution in [1.82, 2.24) is 10.6 Å². The van der Waals surface area contributed by atoms with E-state index in [9.17, 15) is 4.79 Å². The number of carbonyl (C=O) groups excluding carboxylic acids is 1. The molecule has 0 saturated carbocycles. The van der Waals surface area contributed by atoms with E-state index in [-0.39, 0.29) is 12.1 Å². The third-order valence-electron chi connectivity index (χ3n) is 2.82. The highest BCUT2D eigenvalue weighted by Crippen LogP contribution is 2.09. The molecule has 0 fully saturated rings. The largest absolute Gasteiger partial charge is 0.444 e. The average molecular weight is 298 g/mol. The van der Waals surface area contributed by atoms with Crippen LogP contribution < -0.4 is 10.6 Å². The normalized spacial score (nSPS) is 13.3. The molecule has 1 heterocycles. The van der Waals surface area contributed by atoms with E-state index >= 15 is 0 Å². The smallest absolute Gasteiger partial charge is 0.407 e. The van der Waals surface area contributed by atoms with Crippen LogP contribution in [0, 0.1) is 5.92 Å². The van der Waals surface area contributed by atoms with Crippen LogP contribution in [0.15, 0.2) is 16.8 Å². The summed E-state index contributed by atoms with van der Waals surface area (Å²) < 4.78 is 5.24. The molecular formula is C15H26N2O2S. The van der Waals surface area contributed by atoms with Crippen molar-refractivity contribution in [2.45, 2.75) is 52.8 Å². The van der Waals surface area contributed by atoms with Crippen molar-refractivity contribution in [2.75, 3.05) is 6.54 Å². The van der Waals surface area contributed by atoms with Crippen LogP contribution in [0.3, 0.4) is 0 Å². The molecule has 0 aromatic carbocycles. The minimum Gasteiger partial charge on any atom is -0.444 e. The van der Waals surface area contributed by atoms with Gasteiger partial charge in [0.15, 0.2) is 0 Å². The molecule has 0 aliphatic heterocycles. The number of ether oxygens (including phenoxy) is 1. The Labute approximate surface area is 125 Å². The fourth-order valence-corrected chi connectivity index (χ4v) is 2.36. The second-order valence-corrected chi connectivity index (χ2v) is 7.03. The van der Waals surface area contributed by atoms with Gasteiger partial charge in [-0.3, -0.25) is 0 Å². The standard InChI is InChI=1S/C15H26N2O2S/c1-11(2)13(16-8-12-6-7-20-10-12)9-17-14(18)19-15(3,4)5/h6-7,10-11,13,16H,8-9H2,1-5H3,(H,17,18). The van der Waals surface area contributed by atoms with E-state index in [1.807, 2.05) is 20.8 Å². The monoisotopic (exact) mass is 298 g/mol. The maximum atomic E-state index is 11.7. The number of amides is 1. The predicted molar refractivity (Wildman–Crippen MR) is 84.0 cm³/mol. The van der Waals surface area contributed by atoms with Crippen LogP contribution in [0.5, 0.6) is 0 Å². The number of carbonyl (C=O) groups is 1. The van der Waals surface area contributed by atoms with Crippen LogP contribution in [-0.4, -0.2) is 24.3 Å². The van der Waals surface area contributed by atoms with E-state index in [0.717, 1.165) is 6.54 Å². The summed E-state index contributed by atoms with van der Waals surface area (Å²) >= 11 is 1.69. The van der Waals surface area contributed by atoms with Crippen molar-refractivity contribution < 1.29 is 9.53 Å². The number of alkyl carbamates (subject to hydrolysis) is 1. The van der Waals surface area contributed by atoms with E-state index in [1.165, 1.54) is 5.56 Å². The van der Waals surface area contributed by atoms with Gasteiger partial charge in [-0.1, -0.05) is 13.8 Å². The summed E-state index contributed by atoms with van der Waals surface area (Å²) in [6, 6.07) is 2.33. The first-order valence-electron chi connectivity index (χ1n) is 6.99. The number of hydrogen-bond acceptors (Lipinski definition) is 4. The zero-order valence-corrected chi connectivity index (χ0v) is 13.8. The first-order chi connectivity index (χ1) is 9.28. The van der Waals surface area contributed by atoms with Gasteiger partial charge >= 0.3 is 6.09 Å². The van der Waals surface area contributed by atoms with Crippen LogP contribution in [0.1, 0.15) is 40.2 Å². The quantitative estimate of drug-likeness (QED) is 0.846. The molecule has 1 rings (SSSR count). The van der Waals surface area contributed by atoms with Gasteiger partial charge in [0.05, 0.1) is 0 Å². The second-order valence-electron chi connectivity index (χ2n) is 6.25. The summed E-state index contributed by atoms with van der Waals surface area (Å²) in [7, 11) is 0. The van der Waals surface area contributed by atoms with Crippen LogP contribution >= 0.6 is 11.3 Å². The average Bonchev–Trinajstić information content (AvgIpc) is 2.78. The number of rotatable bonds is 6. The van der Waals surface area contributed by atoms with Gasteiger partial charge < -0.3 is 15.4 Å². The lowest BCUT2D eigenvalue weighted by Crippen LogP contribution is -2.45. The van der Waals surface area contributed by atoms with Crippen molar-refractivity contribution in [3.63, 3.8) is 0 Å². The molecule has 20 heavy (non-hydrogen) atoms. The fourth-order valence-electron chi connectivity index (χ4n) is 1.69. The number of thiophene rings is 1. The molecule has 1 aromatic rings. The summed E-state index contributed by atoms with van der Waals surface area (Å²) in [6.45, 7) is 11.3. The summed E-state index contributed by atoms with van der Waals surface area (Å²) in [4.78, 5) is 11.7. The SMILES string of the molecule is CC(C)C(CNC(=O)OC(C)(C)C)NCc1ccsc1. The Balaban J connectivity index is 2.37. The van der Waals surface area contributed by atoms with Gasteiger partial charge in [-0.25, -0.2) is 4.79 Å². The molecule has 1 atom stereocenters. The third-order valence-corrected chi connectivity index (χ3v) is 3.55. The molecule has 5 heteroatoms. The zero-order valence-electron chi connectivity index (χ0n) is 13.0. The van der Waals surface area contributed by atoms with Gasteiger partial charge in [0.1, 0.15) is 5.60 Å². The molecule has 0 radical (unpaired) electrons. The molecule has 1 unspecified atom stereocenters. The maximum Gasteiger partial charge on any atom is 0.407 e. The highest BCUT2D eigenvalue weighted by Gasteiger charge is 2.18. The summed E-state index contributed by atoms with van der Waals surface area (Å²) in [5.74, 6) is 0.434. The van der Waals surface area contributed by atoms with Crippen molar-refractivity contribution in [1.29, 1.82) is 0 Å². The first-order valence-corrected chi connectivity index (χ1v) is 7.93. The van der Waals surface area contributed by atoms with Gasteiger partial charge in [-0.05, 0) is 49.1 Å². The Morgan fingerprint density at radius 2 is 2.10 bits per heavy atom. The van der Waals surface area contributed by atoms with Crippen LogP contribution in [0.2, 0.25) is 0 Å². The number of nitrogens with one attached hydrogen (secondary N) is 2. The molecule has 0 spiro atoms. The van der Waals surface area contributed by atoms with E-state index in [0.29, 0.717) is 12.5 Å². The predicted octanol–water partition coefficient (Wildman–Crippen LogP) is 3.39. The second kappa shape index (κ2) is 7.64. The lowest BCUT2D eigenvalue weighted by atomic mass is 10.0. The third kappa shape index (κ3) is 6.91.